The summed E-state index contributed by atoms with van der Waals surface area (Å²) in [6.07, 6.45) is 1.12. The van der Waals surface area contributed by atoms with Gasteiger partial charge in [-0.15, -0.1) is 0 Å². The van der Waals surface area contributed by atoms with Crippen LogP contribution in [0, 0.1) is 6.92 Å². The summed E-state index contributed by atoms with van der Waals surface area (Å²) >= 11 is 0. The van der Waals surface area contributed by atoms with Crippen molar-refractivity contribution in [1.29, 1.82) is 0 Å². The Labute approximate surface area is 142 Å². The summed E-state index contributed by atoms with van der Waals surface area (Å²) in [6.45, 7) is 4.42. The van der Waals surface area contributed by atoms with E-state index in [1.54, 1.807) is 0 Å². The number of hydrogen-bond acceptors (Lipinski definition) is 4. The summed E-state index contributed by atoms with van der Waals surface area (Å²) in [5, 5.41) is 10.7. The summed E-state index contributed by atoms with van der Waals surface area (Å²) in [7, 11) is 1.97. The molecule has 128 valence electrons. The van der Waals surface area contributed by atoms with Crippen LogP contribution in [0.25, 0.3) is 10.9 Å². The minimum atomic E-state index is -0.252. The van der Waals surface area contributed by atoms with E-state index in [1.807, 2.05) is 37.1 Å². The minimum Gasteiger partial charge on any atom is -0.393 e. The minimum absolute atomic E-state index is 0.138. The van der Waals surface area contributed by atoms with E-state index in [4.69, 9.17) is 0 Å². The first kappa shape index (κ1) is 16.9. The Kier molecular flexibility index (Phi) is 5.11. The number of piperidine rings is 1. The number of aliphatic hydroxyl groups is 1. The van der Waals surface area contributed by atoms with Crippen molar-refractivity contribution < 1.29 is 9.90 Å². The third kappa shape index (κ3) is 3.91. The number of likely N-dealkylation sites (tertiary alicyclic amines) is 1. The number of benzene rings is 1. The molecule has 5 nitrogen and oxygen atoms in total. The van der Waals surface area contributed by atoms with Crippen LogP contribution < -0.4 is 0 Å². The molecule has 1 N–H and O–H groups in total. The number of para-hydroxylation sites is 1. The Morgan fingerprint density at radius 2 is 2.04 bits per heavy atom. The summed E-state index contributed by atoms with van der Waals surface area (Å²) in [4.78, 5) is 20.9. The molecule has 24 heavy (non-hydrogen) atoms. The molecule has 2 aromatic rings. The van der Waals surface area contributed by atoms with E-state index in [0.29, 0.717) is 39.0 Å². The maximum atomic E-state index is 12.4. The second kappa shape index (κ2) is 7.28. The molecule has 0 spiro atoms. The zero-order valence-electron chi connectivity index (χ0n) is 14.4. The standard InChI is InChI=1S/C19H25N3O2/c1-14-11-15(17-5-3-4-6-18(17)20-14)12-21(2)13-19(24)22-9-7-16(23)8-10-22/h3-6,11,16,23H,7-10,12-13H2,1-2H3. The molecule has 5 heteroatoms. The molecule has 0 atom stereocenters. The largest absolute Gasteiger partial charge is 0.393 e. The molecule has 3 rings (SSSR count). The molecular formula is C19H25N3O2. The zero-order valence-corrected chi connectivity index (χ0v) is 14.4. The van der Waals surface area contributed by atoms with Crippen molar-refractivity contribution in [2.24, 2.45) is 0 Å². The van der Waals surface area contributed by atoms with Crippen LogP contribution >= 0.6 is 0 Å². The average molecular weight is 327 g/mol. The fourth-order valence-electron chi connectivity index (χ4n) is 3.32. The lowest BCUT2D eigenvalue weighted by Crippen LogP contribution is -2.44. The van der Waals surface area contributed by atoms with Gasteiger partial charge in [-0.1, -0.05) is 18.2 Å². The lowest BCUT2D eigenvalue weighted by Gasteiger charge is -2.31. The number of nitrogens with zero attached hydrogens (tertiary/aromatic N) is 3. The number of fused-ring (bicyclic) bond motifs is 1. The molecule has 0 unspecified atom stereocenters. The molecule has 1 fully saturated rings. The molecule has 2 heterocycles. The van der Waals surface area contributed by atoms with Crippen molar-refractivity contribution in [2.75, 3.05) is 26.7 Å². The number of rotatable bonds is 4. The van der Waals surface area contributed by atoms with Gasteiger partial charge in [0.1, 0.15) is 0 Å². The van der Waals surface area contributed by atoms with Gasteiger partial charge in [0.2, 0.25) is 5.91 Å². The maximum absolute atomic E-state index is 12.4. The van der Waals surface area contributed by atoms with E-state index < -0.39 is 0 Å². The van der Waals surface area contributed by atoms with Crippen LogP contribution in [0.2, 0.25) is 0 Å². The Hall–Kier alpha value is -1.98. The van der Waals surface area contributed by atoms with Crippen molar-refractivity contribution in [3.8, 4) is 0 Å². The quantitative estimate of drug-likeness (QED) is 0.933. The Balaban J connectivity index is 1.67. The van der Waals surface area contributed by atoms with Crippen LogP contribution in [-0.4, -0.2) is 58.6 Å². The van der Waals surface area contributed by atoms with Gasteiger partial charge in [0, 0.05) is 30.7 Å². The predicted molar refractivity (Wildman–Crippen MR) is 94.6 cm³/mol. The fraction of sp³-hybridized carbons (Fsp3) is 0.474. The van der Waals surface area contributed by atoms with Crippen molar-refractivity contribution in [3.63, 3.8) is 0 Å². The van der Waals surface area contributed by atoms with Crippen LogP contribution in [0.15, 0.2) is 30.3 Å². The molecule has 1 aliphatic heterocycles. The highest BCUT2D eigenvalue weighted by Crippen LogP contribution is 2.19. The number of amides is 1. The van der Waals surface area contributed by atoms with Gasteiger partial charge >= 0.3 is 0 Å². The van der Waals surface area contributed by atoms with Gasteiger partial charge in [0.05, 0.1) is 18.2 Å². The Bertz CT molecular complexity index is 724. The summed E-state index contributed by atoms with van der Waals surface area (Å²) in [6, 6.07) is 10.2. The highest BCUT2D eigenvalue weighted by atomic mass is 16.3. The van der Waals surface area contributed by atoms with Gasteiger partial charge in [0.15, 0.2) is 0 Å². The number of pyridine rings is 1. The summed E-state index contributed by atoms with van der Waals surface area (Å²) in [5.74, 6) is 0.138. The molecular weight excluding hydrogens is 302 g/mol. The van der Waals surface area contributed by atoms with E-state index in [-0.39, 0.29) is 12.0 Å². The van der Waals surface area contributed by atoms with Gasteiger partial charge in [0.25, 0.3) is 0 Å². The number of carbonyl (C=O) groups excluding carboxylic acids is 1. The topological polar surface area (TPSA) is 56.7 Å². The highest BCUT2D eigenvalue weighted by Gasteiger charge is 2.22. The molecule has 1 amide bonds. The predicted octanol–water partition coefficient (Wildman–Crippen LogP) is 1.96. The number of aromatic nitrogens is 1. The van der Waals surface area contributed by atoms with Crippen LogP contribution in [0.4, 0.5) is 0 Å². The van der Waals surface area contributed by atoms with E-state index >= 15 is 0 Å². The molecule has 1 saturated heterocycles. The van der Waals surface area contributed by atoms with Crippen LogP contribution in [0.1, 0.15) is 24.1 Å². The van der Waals surface area contributed by atoms with E-state index in [0.717, 1.165) is 16.6 Å². The Morgan fingerprint density at radius 3 is 2.79 bits per heavy atom. The lowest BCUT2D eigenvalue weighted by molar-refractivity contribution is -0.134. The number of aryl methyl sites for hydroxylation is 1. The van der Waals surface area contributed by atoms with Crippen molar-refractivity contribution in [3.05, 3.63) is 41.6 Å². The highest BCUT2D eigenvalue weighted by molar-refractivity contribution is 5.82. The fourth-order valence-corrected chi connectivity index (χ4v) is 3.32. The first-order chi connectivity index (χ1) is 11.5. The maximum Gasteiger partial charge on any atom is 0.236 e. The third-order valence-electron chi connectivity index (χ3n) is 4.59. The monoisotopic (exact) mass is 327 g/mol. The van der Waals surface area contributed by atoms with Gasteiger partial charge < -0.3 is 10.0 Å². The van der Waals surface area contributed by atoms with Crippen LogP contribution in [0.5, 0.6) is 0 Å². The molecule has 1 aromatic carbocycles. The number of aliphatic hydroxyl groups excluding tert-OH is 1. The van der Waals surface area contributed by atoms with Gasteiger partial charge in [-0.3, -0.25) is 14.7 Å². The van der Waals surface area contributed by atoms with Crippen molar-refractivity contribution in [2.45, 2.75) is 32.4 Å². The molecule has 1 aromatic heterocycles. The second-order valence-electron chi connectivity index (χ2n) is 6.72. The number of likely N-dealkylation sites (N-methyl/N-ethyl adjacent to an activating group) is 1. The first-order valence-electron chi connectivity index (χ1n) is 8.52. The van der Waals surface area contributed by atoms with E-state index in [2.05, 4.69) is 22.0 Å². The normalized spacial score (nSPS) is 16.1. The summed E-state index contributed by atoms with van der Waals surface area (Å²) < 4.78 is 0. The molecule has 0 aliphatic carbocycles. The van der Waals surface area contributed by atoms with Crippen LogP contribution in [0.3, 0.4) is 0 Å². The lowest BCUT2D eigenvalue weighted by atomic mass is 10.1. The summed E-state index contributed by atoms with van der Waals surface area (Å²) in [5.41, 5.74) is 3.19. The molecule has 0 radical (unpaired) electrons. The molecule has 0 bridgehead atoms. The van der Waals surface area contributed by atoms with E-state index in [9.17, 15) is 9.90 Å². The van der Waals surface area contributed by atoms with Crippen molar-refractivity contribution >= 4 is 16.8 Å². The van der Waals surface area contributed by atoms with E-state index in [1.165, 1.54) is 5.56 Å². The zero-order chi connectivity index (χ0) is 17.1. The second-order valence-corrected chi connectivity index (χ2v) is 6.72. The third-order valence-corrected chi connectivity index (χ3v) is 4.59. The smallest absolute Gasteiger partial charge is 0.236 e. The molecule has 0 saturated carbocycles. The van der Waals surface area contributed by atoms with Crippen LogP contribution in [-0.2, 0) is 11.3 Å². The first-order valence-corrected chi connectivity index (χ1v) is 8.52. The van der Waals surface area contributed by atoms with Gasteiger partial charge in [-0.2, -0.15) is 0 Å². The number of hydrogen-bond donors (Lipinski definition) is 1. The Morgan fingerprint density at radius 1 is 1.33 bits per heavy atom. The number of carbonyl (C=O) groups is 1. The average Bonchev–Trinajstić information content (AvgIpc) is 2.55. The van der Waals surface area contributed by atoms with Gasteiger partial charge in [-0.05, 0) is 44.5 Å². The SMILES string of the molecule is Cc1cc(CN(C)CC(=O)N2CCC(O)CC2)c2ccccc2n1. The molecule has 1 aliphatic rings. The van der Waals surface area contributed by atoms with Crippen molar-refractivity contribution in [1.82, 2.24) is 14.8 Å². The van der Waals surface area contributed by atoms with Gasteiger partial charge in [-0.25, -0.2) is 0 Å².